The number of rotatable bonds is 3. The van der Waals surface area contributed by atoms with E-state index < -0.39 is 5.60 Å². The van der Waals surface area contributed by atoms with Gasteiger partial charge in [-0.05, 0) is 50.5 Å². The highest BCUT2D eigenvalue weighted by Crippen LogP contribution is 2.41. The fraction of sp³-hybridized carbons (Fsp3) is 0.688. The maximum absolute atomic E-state index is 10.9. The molecule has 1 N–H and O–H groups in total. The summed E-state index contributed by atoms with van der Waals surface area (Å²) in [6, 6.07) is 4.04. The van der Waals surface area contributed by atoms with Gasteiger partial charge in [0.15, 0.2) is 0 Å². The highest BCUT2D eigenvalue weighted by Gasteiger charge is 2.36. The van der Waals surface area contributed by atoms with Gasteiger partial charge in [-0.2, -0.15) is 0 Å². The second-order valence-electron chi connectivity index (χ2n) is 6.31. The summed E-state index contributed by atoms with van der Waals surface area (Å²) in [7, 11) is 0. The summed E-state index contributed by atoms with van der Waals surface area (Å²) in [5.41, 5.74) is 1.37. The summed E-state index contributed by atoms with van der Waals surface area (Å²) in [5, 5.41) is 10.9. The van der Waals surface area contributed by atoms with Crippen LogP contribution in [0, 0.1) is 18.8 Å². The monoisotopic (exact) mass is 247 g/mol. The SMILES string of the molecule is Cc1ccc(C2(O)CCCC(CC(C)C)C2)cn1. The van der Waals surface area contributed by atoms with Crippen LogP contribution in [0.3, 0.4) is 0 Å². The molecule has 2 heteroatoms. The predicted molar refractivity (Wildman–Crippen MR) is 74.3 cm³/mol. The Morgan fingerprint density at radius 2 is 2.22 bits per heavy atom. The van der Waals surface area contributed by atoms with Gasteiger partial charge in [-0.15, -0.1) is 0 Å². The maximum Gasteiger partial charge on any atom is 0.0914 e. The molecule has 1 aromatic heterocycles. The van der Waals surface area contributed by atoms with E-state index >= 15 is 0 Å². The molecule has 0 radical (unpaired) electrons. The van der Waals surface area contributed by atoms with Crippen molar-refractivity contribution in [2.75, 3.05) is 0 Å². The number of nitrogens with zero attached hydrogens (tertiary/aromatic N) is 1. The smallest absolute Gasteiger partial charge is 0.0914 e. The van der Waals surface area contributed by atoms with Crippen molar-refractivity contribution < 1.29 is 5.11 Å². The van der Waals surface area contributed by atoms with Crippen LogP contribution in [0.25, 0.3) is 0 Å². The van der Waals surface area contributed by atoms with Crippen molar-refractivity contribution in [3.05, 3.63) is 29.6 Å². The molecule has 18 heavy (non-hydrogen) atoms. The van der Waals surface area contributed by atoms with Crippen molar-refractivity contribution in [1.82, 2.24) is 4.98 Å². The molecule has 2 atom stereocenters. The second-order valence-corrected chi connectivity index (χ2v) is 6.31. The molecule has 1 saturated carbocycles. The van der Waals surface area contributed by atoms with Gasteiger partial charge in [0.05, 0.1) is 5.60 Å². The van der Waals surface area contributed by atoms with E-state index in [1.54, 1.807) is 0 Å². The van der Waals surface area contributed by atoms with Crippen LogP contribution in [-0.2, 0) is 5.60 Å². The van der Waals surface area contributed by atoms with Crippen molar-refractivity contribution >= 4 is 0 Å². The molecule has 0 spiro atoms. The van der Waals surface area contributed by atoms with Crippen LogP contribution in [0.5, 0.6) is 0 Å². The van der Waals surface area contributed by atoms with Crippen LogP contribution in [-0.4, -0.2) is 10.1 Å². The Bertz CT molecular complexity index is 385. The van der Waals surface area contributed by atoms with Crippen molar-refractivity contribution in [1.29, 1.82) is 0 Å². The number of aryl methyl sites for hydroxylation is 1. The quantitative estimate of drug-likeness (QED) is 0.881. The zero-order valence-electron chi connectivity index (χ0n) is 11.8. The summed E-state index contributed by atoms with van der Waals surface area (Å²) in [6.07, 6.45) is 7.25. The Balaban J connectivity index is 2.12. The third-order valence-corrected chi connectivity index (χ3v) is 4.08. The van der Waals surface area contributed by atoms with E-state index in [9.17, 15) is 5.11 Å². The lowest BCUT2D eigenvalue weighted by atomic mass is 9.72. The van der Waals surface area contributed by atoms with E-state index in [0.717, 1.165) is 30.5 Å². The molecule has 0 saturated heterocycles. The van der Waals surface area contributed by atoms with Gasteiger partial charge in [-0.1, -0.05) is 26.3 Å². The summed E-state index contributed by atoms with van der Waals surface area (Å²) in [4.78, 5) is 4.33. The van der Waals surface area contributed by atoms with Crippen LogP contribution < -0.4 is 0 Å². The van der Waals surface area contributed by atoms with Gasteiger partial charge >= 0.3 is 0 Å². The summed E-state index contributed by atoms with van der Waals surface area (Å²) >= 11 is 0. The Kier molecular flexibility index (Phi) is 4.06. The van der Waals surface area contributed by atoms with Crippen LogP contribution in [0.2, 0.25) is 0 Å². The topological polar surface area (TPSA) is 33.1 Å². The third-order valence-electron chi connectivity index (χ3n) is 4.08. The molecule has 2 nitrogen and oxygen atoms in total. The first kappa shape index (κ1) is 13.5. The molecular formula is C16H25NO. The first-order chi connectivity index (χ1) is 8.49. The fourth-order valence-corrected chi connectivity index (χ4v) is 3.24. The first-order valence-corrected chi connectivity index (χ1v) is 7.15. The molecule has 1 aliphatic carbocycles. The number of hydrogen-bond acceptors (Lipinski definition) is 2. The molecule has 1 fully saturated rings. The summed E-state index contributed by atoms with van der Waals surface area (Å²) < 4.78 is 0. The van der Waals surface area contributed by atoms with Crippen LogP contribution in [0.4, 0.5) is 0 Å². The lowest BCUT2D eigenvalue weighted by Crippen LogP contribution is -2.33. The molecule has 2 unspecified atom stereocenters. The molecule has 0 aromatic carbocycles. The van der Waals surface area contributed by atoms with Crippen molar-refractivity contribution in [3.8, 4) is 0 Å². The van der Waals surface area contributed by atoms with Crippen molar-refractivity contribution in [2.24, 2.45) is 11.8 Å². The van der Waals surface area contributed by atoms with Gasteiger partial charge in [-0.25, -0.2) is 0 Å². The standard InChI is InChI=1S/C16H25NO/c1-12(2)9-14-5-4-8-16(18,10-14)15-7-6-13(3)17-11-15/h6-7,11-12,14,18H,4-5,8-10H2,1-3H3. The Labute approximate surface area is 110 Å². The van der Waals surface area contributed by atoms with Crippen LogP contribution in [0.1, 0.15) is 57.2 Å². The second kappa shape index (κ2) is 5.40. The molecule has 0 aliphatic heterocycles. The van der Waals surface area contributed by atoms with E-state index in [1.165, 1.54) is 12.8 Å². The van der Waals surface area contributed by atoms with E-state index in [1.807, 2.05) is 25.3 Å². The van der Waals surface area contributed by atoms with Gasteiger partial charge in [0.1, 0.15) is 0 Å². The molecule has 0 amide bonds. The Morgan fingerprint density at radius 3 is 2.83 bits per heavy atom. The highest BCUT2D eigenvalue weighted by molar-refractivity contribution is 5.21. The van der Waals surface area contributed by atoms with E-state index in [0.29, 0.717) is 11.8 Å². The molecular weight excluding hydrogens is 222 g/mol. The van der Waals surface area contributed by atoms with Crippen LogP contribution >= 0.6 is 0 Å². The minimum absolute atomic E-state index is 0.640. The first-order valence-electron chi connectivity index (χ1n) is 7.15. The zero-order valence-corrected chi connectivity index (χ0v) is 11.8. The average molecular weight is 247 g/mol. The molecule has 2 rings (SSSR count). The summed E-state index contributed by atoms with van der Waals surface area (Å²) in [5.74, 6) is 1.37. The molecule has 100 valence electrons. The minimum atomic E-state index is -0.640. The summed E-state index contributed by atoms with van der Waals surface area (Å²) in [6.45, 7) is 6.51. The molecule has 1 aromatic rings. The average Bonchev–Trinajstić information content (AvgIpc) is 2.28. The number of pyridine rings is 1. The fourth-order valence-electron chi connectivity index (χ4n) is 3.24. The van der Waals surface area contributed by atoms with Gasteiger partial charge < -0.3 is 5.11 Å². The van der Waals surface area contributed by atoms with Gasteiger partial charge in [-0.3, -0.25) is 4.98 Å². The normalized spacial score (nSPS) is 28.6. The molecule has 1 aliphatic rings. The van der Waals surface area contributed by atoms with Crippen LogP contribution in [0.15, 0.2) is 18.3 Å². The molecule has 1 heterocycles. The Morgan fingerprint density at radius 1 is 1.44 bits per heavy atom. The lowest BCUT2D eigenvalue weighted by molar-refractivity contribution is -0.0247. The number of hydrogen-bond donors (Lipinski definition) is 1. The number of aromatic nitrogens is 1. The van der Waals surface area contributed by atoms with Crippen molar-refractivity contribution in [2.45, 2.75) is 58.5 Å². The Hall–Kier alpha value is -0.890. The molecule has 0 bridgehead atoms. The minimum Gasteiger partial charge on any atom is -0.385 e. The van der Waals surface area contributed by atoms with E-state index in [-0.39, 0.29) is 0 Å². The van der Waals surface area contributed by atoms with E-state index in [4.69, 9.17) is 0 Å². The number of aliphatic hydroxyl groups is 1. The van der Waals surface area contributed by atoms with E-state index in [2.05, 4.69) is 18.8 Å². The van der Waals surface area contributed by atoms with Gasteiger partial charge in [0.25, 0.3) is 0 Å². The van der Waals surface area contributed by atoms with Gasteiger partial charge in [0, 0.05) is 17.5 Å². The predicted octanol–water partition coefficient (Wildman–Crippen LogP) is 3.81. The lowest BCUT2D eigenvalue weighted by Gasteiger charge is -2.37. The van der Waals surface area contributed by atoms with Crippen molar-refractivity contribution in [3.63, 3.8) is 0 Å². The maximum atomic E-state index is 10.9. The third kappa shape index (κ3) is 3.11. The largest absolute Gasteiger partial charge is 0.385 e. The highest BCUT2D eigenvalue weighted by atomic mass is 16.3. The van der Waals surface area contributed by atoms with Gasteiger partial charge in [0.2, 0.25) is 0 Å². The zero-order chi connectivity index (χ0) is 13.2.